The first-order valence-corrected chi connectivity index (χ1v) is 7.39. The minimum absolute atomic E-state index is 0.0874. The van der Waals surface area contributed by atoms with Crippen molar-refractivity contribution in [1.29, 1.82) is 0 Å². The van der Waals surface area contributed by atoms with Crippen molar-refractivity contribution in [3.8, 4) is 0 Å². The van der Waals surface area contributed by atoms with E-state index < -0.39 is 0 Å². The number of urea groups is 1. The van der Waals surface area contributed by atoms with Gasteiger partial charge >= 0.3 is 6.03 Å². The molecular formula is C16H24N2O2. The maximum absolute atomic E-state index is 11.8. The first kappa shape index (κ1) is 14.9. The van der Waals surface area contributed by atoms with E-state index in [1.54, 1.807) is 0 Å². The van der Waals surface area contributed by atoms with Crippen LogP contribution in [0.3, 0.4) is 0 Å². The Morgan fingerprint density at radius 2 is 2.05 bits per heavy atom. The molecule has 1 saturated carbocycles. The lowest BCUT2D eigenvalue weighted by Gasteiger charge is -2.15. The van der Waals surface area contributed by atoms with E-state index in [-0.39, 0.29) is 12.1 Å². The Labute approximate surface area is 120 Å². The summed E-state index contributed by atoms with van der Waals surface area (Å²) in [4.78, 5) is 11.8. The van der Waals surface area contributed by atoms with Crippen molar-refractivity contribution in [3.05, 3.63) is 35.4 Å². The van der Waals surface area contributed by atoms with Gasteiger partial charge in [-0.25, -0.2) is 4.79 Å². The zero-order chi connectivity index (χ0) is 14.4. The minimum Gasteiger partial charge on any atom is -0.377 e. The molecule has 2 rings (SSSR count). The number of ether oxygens (including phenoxy) is 1. The van der Waals surface area contributed by atoms with E-state index in [2.05, 4.69) is 17.6 Å². The third-order valence-electron chi connectivity index (χ3n) is 3.71. The van der Waals surface area contributed by atoms with Crippen LogP contribution in [-0.2, 0) is 17.9 Å². The Morgan fingerprint density at radius 1 is 1.35 bits per heavy atom. The molecule has 1 unspecified atom stereocenters. The van der Waals surface area contributed by atoms with E-state index in [4.69, 9.17) is 4.74 Å². The topological polar surface area (TPSA) is 50.4 Å². The molecule has 1 aromatic rings. The fraction of sp³-hybridized carbons (Fsp3) is 0.562. The highest BCUT2D eigenvalue weighted by atomic mass is 16.5. The van der Waals surface area contributed by atoms with Crippen LogP contribution in [0.2, 0.25) is 0 Å². The Bertz CT molecular complexity index is 444. The third kappa shape index (κ3) is 4.53. The average molecular weight is 276 g/mol. The molecule has 0 bridgehead atoms. The average Bonchev–Trinajstić information content (AvgIpc) is 3.28. The largest absolute Gasteiger partial charge is 0.377 e. The number of rotatable bonds is 7. The lowest BCUT2D eigenvalue weighted by atomic mass is 10.1. The van der Waals surface area contributed by atoms with Crippen LogP contribution in [0.25, 0.3) is 0 Å². The minimum atomic E-state index is -0.0874. The summed E-state index contributed by atoms with van der Waals surface area (Å²) < 4.78 is 5.44. The number of nitrogens with one attached hydrogen (secondary N) is 2. The second-order valence-corrected chi connectivity index (χ2v) is 5.36. The van der Waals surface area contributed by atoms with Gasteiger partial charge in [-0.2, -0.15) is 0 Å². The quantitative estimate of drug-likeness (QED) is 0.804. The molecule has 110 valence electrons. The zero-order valence-electron chi connectivity index (χ0n) is 12.3. The molecule has 2 amide bonds. The van der Waals surface area contributed by atoms with Crippen LogP contribution in [0.1, 0.15) is 37.8 Å². The van der Waals surface area contributed by atoms with Crippen molar-refractivity contribution in [2.75, 3.05) is 6.61 Å². The summed E-state index contributed by atoms with van der Waals surface area (Å²) in [5.41, 5.74) is 2.24. The monoisotopic (exact) mass is 276 g/mol. The summed E-state index contributed by atoms with van der Waals surface area (Å²) in [6.45, 7) is 5.87. The van der Waals surface area contributed by atoms with Gasteiger partial charge in [0, 0.05) is 19.2 Å². The molecular weight excluding hydrogens is 252 g/mol. The predicted octanol–water partition coefficient (Wildman–Crippen LogP) is 2.82. The molecule has 0 saturated heterocycles. The van der Waals surface area contributed by atoms with Crippen molar-refractivity contribution < 1.29 is 9.53 Å². The smallest absolute Gasteiger partial charge is 0.315 e. The maximum atomic E-state index is 11.8. The van der Waals surface area contributed by atoms with Crippen molar-refractivity contribution in [2.24, 2.45) is 5.92 Å². The molecule has 0 radical (unpaired) electrons. The predicted molar refractivity (Wildman–Crippen MR) is 79.3 cm³/mol. The third-order valence-corrected chi connectivity index (χ3v) is 3.71. The van der Waals surface area contributed by atoms with Gasteiger partial charge in [-0.1, -0.05) is 24.3 Å². The van der Waals surface area contributed by atoms with E-state index in [1.165, 1.54) is 12.8 Å². The first-order valence-electron chi connectivity index (χ1n) is 7.39. The highest BCUT2D eigenvalue weighted by molar-refractivity contribution is 5.74. The van der Waals surface area contributed by atoms with Crippen molar-refractivity contribution in [2.45, 2.75) is 45.9 Å². The molecule has 1 fully saturated rings. The van der Waals surface area contributed by atoms with Crippen LogP contribution >= 0.6 is 0 Å². The summed E-state index contributed by atoms with van der Waals surface area (Å²) in [7, 11) is 0. The summed E-state index contributed by atoms with van der Waals surface area (Å²) in [5.74, 6) is 0.672. The Morgan fingerprint density at radius 3 is 2.70 bits per heavy atom. The van der Waals surface area contributed by atoms with Gasteiger partial charge in [-0.3, -0.25) is 0 Å². The van der Waals surface area contributed by atoms with Crippen LogP contribution < -0.4 is 10.6 Å². The Hall–Kier alpha value is -1.55. The highest BCUT2D eigenvalue weighted by Gasteiger charge is 2.28. The van der Waals surface area contributed by atoms with Crippen LogP contribution in [0.15, 0.2) is 24.3 Å². The van der Waals surface area contributed by atoms with Gasteiger partial charge in [-0.05, 0) is 43.7 Å². The van der Waals surface area contributed by atoms with Crippen molar-refractivity contribution >= 4 is 6.03 Å². The zero-order valence-corrected chi connectivity index (χ0v) is 12.3. The number of carbonyl (C=O) groups excluding carboxylic acids is 1. The summed E-state index contributed by atoms with van der Waals surface area (Å²) in [6, 6.07) is 8.23. The van der Waals surface area contributed by atoms with E-state index in [9.17, 15) is 4.79 Å². The molecule has 0 spiro atoms. The second-order valence-electron chi connectivity index (χ2n) is 5.36. The van der Waals surface area contributed by atoms with Crippen molar-refractivity contribution in [3.63, 3.8) is 0 Å². The van der Waals surface area contributed by atoms with Gasteiger partial charge in [0.15, 0.2) is 0 Å². The number of amides is 2. The van der Waals surface area contributed by atoms with Gasteiger partial charge < -0.3 is 15.4 Å². The lowest BCUT2D eigenvalue weighted by Crippen LogP contribution is -2.41. The molecule has 1 aliphatic carbocycles. The SMILES string of the molecule is CCOCc1ccccc1CNC(=O)NC(C)C1CC1. The standard InChI is InChI=1S/C16H24N2O2/c1-3-20-11-15-7-5-4-6-14(15)10-17-16(19)18-12(2)13-8-9-13/h4-7,12-13H,3,8-11H2,1-2H3,(H2,17,18,19). The Kier molecular flexibility index (Phi) is 5.41. The highest BCUT2D eigenvalue weighted by Crippen LogP contribution is 2.32. The second kappa shape index (κ2) is 7.29. The molecule has 0 aromatic heterocycles. The molecule has 1 atom stereocenters. The van der Waals surface area contributed by atoms with E-state index in [1.807, 2.05) is 31.2 Å². The van der Waals surface area contributed by atoms with Crippen LogP contribution in [0.4, 0.5) is 4.79 Å². The van der Waals surface area contributed by atoms with Gasteiger partial charge in [0.2, 0.25) is 0 Å². The fourth-order valence-electron chi connectivity index (χ4n) is 2.23. The molecule has 2 N–H and O–H groups in total. The molecule has 4 heteroatoms. The number of benzene rings is 1. The van der Waals surface area contributed by atoms with E-state index >= 15 is 0 Å². The summed E-state index contributed by atoms with van der Waals surface area (Å²) in [5, 5.41) is 5.92. The molecule has 20 heavy (non-hydrogen) atoms. The first-order chi connectivity index (χ1) is 9.70. The number of hydrogen-bond acceptors (Lipinski definition) is 2. The molecule has 1 aliphatic rings. The van der Waals surface area contributed by atoms with E-state index in [0.29, 0.717) is 25.7 Å². The van der Waals surface area contributed by atoms with E-state index in [0.717, 1.165) is 11.1 Å². The molecule has 4 nitrogen and oxygen atoms in total. The van der Waals surface area contributed by atoms with Gasteiger partial charge in [0.1, 0.15) is 0 Å². The fourth-order valence-corrected chi connectivity index (χ4v) is 2.23. The number of hydrogen-bond donors (Lipinski definition) is 2. The van der Waals surface area contributed by atoms with Crippen LogP contribution in [-0.4, -0.2) is 18.7 Å². The summed E-state index contributed by atoms with van der Waals surface area (Å²) in [6.07, 6.45) is 2.47. The van der Waals surface area contributed by atoms with Crippen molar-refractivity contribution in [1.82, 2.24) is 10.6 Å². The summed E-state index contributed by atoms with van der Waals surface area (Å²) >= 11 is 0. The van der Waals surface area contributed by atoms with Crippen LogP contribution in [0.5, 0.6) is 0 Å². The van der Waals surface area contributed by atoms with Gasteiger partial charge in [-0.15, -0.1) is 0 Å². The molecule has 1 aromatic carbocycles. The lowest BCUT2D eigenvalue weighted by molar-refractivity contribution is 0.133. The van der Waals surface area contributed by atoms with Crippen LogP contribution in [0, 0.1) is 5.92 Å². The van der Waals surface area contributed by atoms with Gasteiger partial charge in [0.25, 0.3) is 0 Å². The Balaban J connectivity index is 1.81. The normalized spacial score (nSPS) is 15.7. The maximum Gasteiger partial charge on any atom is 0.315 e. The van der Waals surface area contributed by atoms with Gasteiger partial charge in [0.05, 0.1) is 6.61 Å². The molecule has 0 heterocycles. The molecule has 0 aliphatic heterocycles. The number of carbonyl (C=O) groups is 1.